The molecule has 0 saturated carbocycles. The summed E-state index contributed by atoms with van der Waals surface area (Å²) in [6.07, 6.45) is 0.831. The third-order valence-electron chi connectivity index (χ3n) is 3.31. The molecule has 0 heterocycles. The van der Waals surface area contributed by atoms with Crippen LogP contribution in [0.4, 0.5) is 0 Å². The van der Waals surface area contributed by atoms with Crippen molar-refractivity contribution < 1.29 is 27.3 Å². The second-order valence-electron chi connectivity index (χ2n) is 5.44. The van der Waals surface area contributed by atoms with Crippen molar-refractivity contribution in [2.45, 2.75) is 13.0 Å². The van der Waals surface area contributed by atoms with Gasteiger partial charge in [-0.25, -0.2) is 4.79 Å². The van der Waals surface area contributed by atoms with Crippen LogP contribution in [0.25, 0.3) is 0 Å². The molecule has 7 nitrogen and oxygen atoms in total. The molecule has 2 aromatic rings. The van der Waals surface area contributed by atoms with E-state index >= 15 is 0 Å². The first kappa shape index (κ1) is 18.5. The second kappa shape index (κ2) is 7.35. The molecule has 0 aromatic heterocycles. The number of aromatic carboxylic acids is 1. The predicted molar refractivity (Wildman–Crippen MR) is 91.2 cm³/mol. The van der Waals surface area contributed by atoms with Gasteiger partial charge in [-0.2, -0.15) is 8.42 Å². The SMILES string of the molecule is CC(NC(=O)c1cc(OS(C)(=O)=O)cc(C(=O)O)c1)c1ccccc1. The van der Waals surface area contributed by atoms with Crippen molar-refractivity contribution in [1.82, 2.24) is 5.32 Å². The zero-order valence-corrected chi connectivity index (χ0v) is 14.4. The van der Waals surface area contributed by atoms with Crippen LogP contribution in [-0.4, -0.2) is 31.7 Å². The molecule has 0 aliphatic carbocycles. The van der Waals surface area contributed by atoms with Crippen molar-refractivity contribution in [2.24, 2.45) is 0 Å². The van der Waals surface area contributed by atoms with Crippen LogP contribution in [0.2, 0.25) is 0 Å². The molecule has 132 valence electrons. The molecule has 8 heteroatoms. The molecule has 25 heavy (non-hydrogen) atoms. The maximum Gasteiger partial charge on any atom is 0.335 e. The maximum atomic E-state index is 12.4. The van der Waals surface area contributed by atoms with Crippen molar-refractivity contribution >= 4 is 22.0 Å². The number of hydrogen-bond acceptors (Lipinski definition) is 5. The quantitative estimate of drug-likeness (QED) is 0.762. The number of hydrogen-bond donors (Lipinski definition) is 2. The summed E-state index contributed by atoms with van der Waals surface area (Å²) < 4.78 is 27.2. The van der Waals surface area contributed by atoms with Crippen molar-refractivity contribution in [1.29, 1.82) is 0 Å². The molecule has 0 radical (unpaired) electrons. The zero-order valence-electron chi connectivity index (χ0n) is 13.6. The molecule has 0 bridgehead atoms. The molecular formula is C17H17NO6S. The number of carbonyl (C=O) groups excluding carboxylic acids is 1. The molecule has 0 spiro atoms. The van der Waals surface area contributed by atoms with Gasteiger partial charge < -0.3 is 14.6 Å². The van der Waals surface area contributed by atoms with Crippen molar-refractivity contribution in [3.8, 4) is 5.75 Å². The molecule has 0 saturated heterocycles. The minimum Gasteiger partial charge on any atom is -0.478 e. The van der Waals surface area contributed by atoms with Gasteiger partial charge in [0, 0.05) is 5.56 Å². The van der Waals surface area contributed by atoms with Gasteiger partial charge in [-0.15, -0.1) is 0 Å². The van der Waals surface area contributed by atoms with E-state index in [-0.39, 0.29) is 22.9 Å². The van der Waals surface area contributed by atoms with Gasteiger partial charge in [-0.1, -0.05) is 30.3 Å². The fraction of sp³-hybridized carbons (Fsp3) is 0.176. The van der Waals surface area contributed by atoms with Gasteiger partial charge in [0.05, 0.1) is 17.9 Å². The fourth-order valence-corrected chi connectivity index (χ4v) is 2.63. The fourth-order valence-electron chi connectivity index (χ4n) is 2.18. The van der Waals surface area contributed by atoms with E-state index in [2.05, 4.69) is 5.32 Å². The molecule has 1 atom stereocenters. The normalized spacial score (nSPS) is 12.2. The Balaban J connectivity index is 2.30. The largest absolute Gasteiger partial charge is 0.478 e. The van der Waals surface area contributed by atoms with Crippen LogP contribution in [0.15, 0.2) is 48.5 Å². The van der Waals surface area contributed by atoms with Gasteiger partial charge in [-0.3, -0.25) is 4.79 Å². The Hall–Kier alpha value is -2.87. The first-order valence-electron chi connectivity index (χ1n) is 7.29. The predicted octanol–water partition coefficient (Wildman–Crippen LogP) is 2.21. The van der Waals surface area contributed by atoms with Crippen molar-refractivity contribution in [2.75, 3.05) is 6.26 Å². The summed E-state index contributed by atoms with van der Waals surface area (Å²) in [5, 5.41) is 11.9. The summed E-state index contributed by atoms with van der Waals surface area (Å²) in [6, 6.07) is 12.3. The highest BCUT2D eigenvalue weighted by molar-refractivity contribution is 7.86. The van der Waals surface area contributed by atoms with Gasteiger partial charge in [0.15, 0.2) is 0 Å². The van der Waals surface area contributed by atoms with E-state index in [0.29, 0.717) is 0 Å². The number of amides is 1. The number of rotatable bonds is 6. The summed E-state index contributed by atoms with van der Waals surface area (Å²) in [5.74, 6) is -2.08. The average molecular weight is 363 g/mol. The Kier molecular flexibility index (Phi) is 5.43. The van der Waals surface area contributed by atoms with Crippen LogP contribution in [-0.2, 0) is 10.1 Å². The van der Waals surface area contributed by atoms with E-state index in [0.717, 1.165) is 24.0 Å². The first-order valence-corrected chi connectivity index (χ1v) is 9.11. The summed E-state index contributed by atoms with van der Waals surface area (Å²) in [7, 11) is -3.85. The van der Waals surface area contributed by atoms with Gasteiger partial charge in [-0.05, 0) is 30.7 Å². The molecule has 2 aromatic carbocycles. The van der Waals surface area contributed by atoms with E-state index < -0.39 is 22.0 Å². The van der Waals surface area contributed by atoms with Gasteiger partial charge >= 0.3 is 16.1 Å². The van der Waals surface area contributed by atoms with Crippen LogP contribution in [0.1, 0.15) is 39.2 Å². The second-order valence-corrected chi connectivity index (χ2v) is 7.02. The minimum absolute atomic E-state index is 0.0127. The summed E-state index contributed by atoms with van der Waals surface area (Å²) in [4.78, 5) is 23.6. The van der Waals surface area contributed by atoms with Gasteiger partial charge in [0.25, 0.3) is 5.91 Å². The number of carboxylic acids is 1. The topological polar surface area (TPSA) is 110 Å². The lowest BCUT2D eigenvalue weighted by Gasteiger charge is -2.15. The lowest BCUT2D eigenvalue weighted by Crippen LogP contribution is -2.27. The lowest BCUT2D eigenvalue weighted by atomic mass is 10.1. The van der Waals surface area contributed by atoms with E-state index in [1.807, 2.05) is 30.3 Å². The summed E-state index contributed by atoms with van der Waals surface area (Å²) >= 11 is 0. The van der Waals surface area contributed by atoms with E-state index in [9.17, 15) is 18.0 Å². The van der Waals surface area contributed by atoms with E-state index in [1.54, 1.807) is 6.92 Å². The Morgan fingerprint density at radius 3 is 2.24 bits per heavy atom. The third-order valence-corrected chi connectivity index (χ3v) is 3.81. The summed E-state index contributed by atoms with van der Waals surface area (Å²) in [5.41, 5.74) is 0.609. The van der Waals surface area contributed by atoms with Crippen LogP contribution in [0, 0.1) is 0 Å². The van der Waals surface area contributed by atoms with Crippen LogP contribution < -0.4 is 9.50 Å². The van der Waals surface area contributed by atoms with Crippen LogP contribution in [0.3, 0.4) is 0 Å². The van der Waals surface area contributed by atoms with Crippen molar-refractivity contribution in [3.63, 3.8) is 0 Å². The molecule has 0 aliphatic heterocycles. The van der Waals surface area contributed by atoms with Crippen molar-refractivity contribution in [3.05, 3.63) is 65.2 Å². The standard InChI is InChI=1S/C17H17NO6S/c1-11(12-6-4-3-5-7-12)18-16(19)13-8-14(17(20)21)10-15(9-13)24-25(2,22)23/h3-11H,1-2H3,(H,18,19)(H,20,21). The Morgan fingerprint density at radius 2 is 1.68 bits per heavy atom. The van der Waals surface area contributed by atoms with Crippen LogP contribution in [0.5, 0.6) is 5.75 Å². The minimum atomic E-state index is -3.85. The monoisotopic (exact) mass is 363 g/mol. The molecule has 2 rings (SSSR count). The molecule has 1 unspecified atom stereocenters. The molecule has 1 amide bonds. The summed E-state index contributed by atoms with van der Waals surface area (Å²) in [6.45, 7) is 1.78. The Morgan fingerprint density at radius 1 is 1.08 bits per heavy atom. The van der Waals surface area contributed by atoms with E-state index in [4.69, 9.17) is 9.29 Å². The lowest BCUT2D eigenvalue weighted by molar-refractivity contribution is 0.0696. The zero-order chi connectivity index (χ0) is 18.6. The Labute approximate surface area is 145 Å². The highest BCUT2D eigenvalue weighted by Gasteiger charge is 2.17. The smallest absolute Gasteiger partial charge is 0.335 e. The highest BCUT2D eigenvalue weighted by Crippen LogP contribution is 2.20. The average Bonchev–Trinajstić information content (AvgIpc) is 2.53. The highest BCUT2D eigenvalue weighted by atomic mass is 32.2. The van der Waals surface area contributed by atoms with E-state index in [1.165, 1.54) is 6.07 Å². The third kappa shape index (κ3) is 5.32. The number of benzene rings is 2. The van der Waals surface area contributed by atoms with Gasteiger partial charge in [0.2, 0.25) is 0 Å². The molecule has 2 N–H and O–H groups in total. The number of nitrogens with one attached hydrogen (secondary N) is 1. The maximum absolute atomic E-state index is 12.4. The van der Waals surface area contributed by atoms with Gasteiger partial charge in [0.1, 0.15) is 5.75 Å². The number of carbonyl (C=O) groups is 2. The number of carboxylic acid groups (broad SMARTS) is 1. The Bertz CT molecular complexity index is 893. The molecule has 0 fully saturated rings. The molecular weight excluding hydrogens is 346 g/mol. The van der Waals surface area contributed by atoms with Crippen LogP contribution >= 0.6 is 0 Å². The first-order chi connectivity index (χ1) is 11.7. The molecule has 0 aliphatic rings.